The number of aromatic nitrogens is 2. The van der Waals surface area contributed by atoms with Crippen LogP contribution in [0.5, 0.6) is 0 Å². The summed E-state index contributed by atoms with van der Waals surface area (Å²) in [5.74, 6) is 0. The van der Waals surface area contributed by atoms with Gasteiger partial charge in [0.25, 0.3) is 0 Å². The predicted octanol–water partition coefficient (Wildman–Crippen LogP) is 19.1. The van der Waals surface area contributed by atoms with E-state index in [0.29, 0.717) is 0 Å². The molecular formula is C52H74N2S6Si. The minimum atomic E-state index is -1.83. The number of thiophene rings is 4. The molecule has 332 valence electrons. The van der Waals surface area contributed by atoms with E-state index in [2.05, 4.69) is 74.1 Å². The molecule has 61 heavy (non-hydrogen) atoms. The number of hydrogen-bond donors (Lipinski definition) is 0. The van der Waals surface area contributed by atoms with Crippen molar-refractivity contribution in [2.45, 2.75) is 207 Å². The molecular weight excluding hydrogens is 873 g/mol. The van der Waals surface area contributed by atoms with Gasteiger partial charge in [-0.05, 0) is 88.2 Å². The maximum absolute atomic E-state index is 5.40. The second-order valence-electron chi connectivity index (χ2n) is 18.1. The molecule has 0 spiro atoms. The fraction of sp³-hybridized carbons (Fsp3) is 0.615. The third-order valence-corrected chi connectivity index (χ3v) is 25.8. The Bertz CT molecular complexity index is 2130. The van der Waals surface area contributed by atoms with Crippen molar-refractivity contribution in [3.8, 4) is 39.3 Å². The van der Waals surface area contributed by atoms with Crippen LogP contribution in [0.15, 0.2) is 35.0 Å². The number of thiazole rings is 2. The molecule has 0 amide bonds. The van der Waals surface area contributed by atoms with Gasteiger partial charge in [-0.25, -0.2) is 9.97 Å². The van der Waals surface area contributed by atoms with E-state index in [1.165, 1.54) is 207 Å². The van der Waals surface area contributed by atoms with Crippen LogP contribution in [0.2, 0.25) is 12.1 Å². The zero-order chi connectivity index (χ0) is 42.3. The molecule has 2 nitrogen and oxygen atoms in total. The maximum Gasteiger partial charge on any atom is 0.155 e. The lowest BCUT2D eigenvalue weighted by atomic mass is 10.1. The molecule has 0 saturated carbocycles. The Labute approximate surface area is 395 Å². The first-order valence-electron chi connectivity index (χ1n) is 24.8. The maximum atomic E-state index is 5.40. The van der Waals surface area contributed by atoms with E-state index in [1.54, 1.807) is 20.1 Å². The van der Waals surface area contributed by atoms with Crippen molar-refractivity contribution >= 4 is 96.1 Å². The first kappa shape index (κ1) is 47.5. The summed E-state index contributed by atoms with van der Waals surface area (Å²) in [5.41, 5.74) is 3.00. The summed E-state index contributed by atoms with van der Waals surface area (Å²) in [6, 6.07) is 13.2. The molecule has 0 N–H and O–H groups in total. The van der Waals surface area contributed by atoms with Gasteiger partial charge in [-0.1, -0.05) is 198 Å². The van der Waals surface area contributed by atoms with Crippen LogP contribution >= 0.6 is 68.0 Å². The quantitative estimate of drug-likeness (QED) is 0.0321. The minimum absolute atomic E-state index is 1.12. The van der Waals surface area contributed by atoms with Gasteiger partial charge in [0.05, 0.1) is 9.75 Å². The average molecular weight is 948 g/mol. The van der Waals surface area contributed by atoms with Crippen molar-refractivity contribution < 1.29 is 0 Å². The van der Waals surface area contributed by atoms with Crippen molar-refractivity contribution in [2.24, 2.45) is 0 Å². The summed E-state index contributed by atoms with van der Waals surface area (Å²) in [6.07, 6.45) is 35.0. The molecule has 9 heteroatoms. The van der Waals surface area contributed by atoms with E-state index in [0.717, 1.165) is 22.5 Å². The largest absolute Gasteiger partial charge is 0.222 e. The molecule has 0 radical (unpaired) electrons. The summed E-state index contributed by atoms with van der Waals surface area (Å²) >= 11 is 11.7. The summed E-state index contributed by atoms with van der Waals surface area (Å²) in [6.45, 7) is 9.30. The van der Waals surface area contributed by atoms with Crippen molar-refractivity contribution in [1.82, 2.24) is 9.97 Å². The van der Waals surface area contributed by atoms with E-state index in [4.69, 9.17) is 9.97 Å². The molecule has 0 aliphatic carbocycles. The lowest BCUT2D eigenvalue weighted by molar-refractivity contribution is 0.608. The predicted molar refractivity (Wildman–Crippen MR) is 284 cm³/mol. The van der Waals surface area contributed by atoms with Gasteiger partial charge in [0.15, 0.2) is 9.66 Å². The van der Waals surface area contributed by atoms with Crippen LogP contribution in [0.3, 0.4) is 0 Å². The second-order valence-corrected chi connectivity index (χ2v) is 28.2. The van der Waals surface area contributed by atoms with Gasteiger partial charge < -0.3 is 0 Å². The number of rotatable bonds is 31. The molecule has 6 aromatic heterocycles. The molecule has 0 atom stereocenters. The molecule has 7 heterocycles. The number of aryl methyl sites for hydroxylation is 2. The minimum Gasteiger partial charge on any atom is -0.222 e. The van der Waals surface area contributed by atoms with Crippen LogP contribution < -0.4 is 10.4 Å². The van der Waals surface area contributed by atoms with Gasteiger partial charge in [0, 0.05) is 19.5 Å². The van der Waals surface area contributed by atoms with Crippen molar-refractivity contribution in [2.75, 3.05) is 0 Å². The molecule has 7 rings (SSSR count). The molecule has 0 aromatic carbocycles. The van der Waals surface area contributed by atoms with Crippen LogP contribution in [-0.2, 0) is 12.8 Å². The lowest BCUT2D eigenvalue weighted by Crippen LogP contribution is -2.54. The van der Waals surface area contributed by atoms with E-state index in [1.807, 2.05) is 56.7 Å². The van der Waals surface area contributed by atoms with Gasteiger partial charge in [0.1, 0.15) is 18.1 Å². The number of hydrogen-bond acceptors (Lipinski definition) is 8. The van der Waals surface area contributed by atoms with Crippen LogP contribution in [0, 0.1) is 0 Å². The highest BCUT2D eigenvalue weighted by Gasteiger charge is 2.46. The smallest absolute Gasteiger partial charge is 0.155 e. The molecule has 0 unspecified atom stereocenters. The first-order chi connectivity index (χ1) is 30.1. The monoisotopic (exact) mass is 946 g/mol. The van der Waals surface area contributed by atoms with Crippen LogP contribution in [0.25, 0.3) is 48.9 Å². The summed E-state index contributed by atoms with van der Waals surface area (Å²) in [5, 5.41) is 10.7. The highest BCUT2D eigenvalue weighted by atomic mass is 32.1. The van der Waals surface area contributed by atoms with Crippen LogP contribution in [0.1, 0.15) is 193 Å². The highest BCUT2D eigenvalue weighted by Crippen LogP contribution is 2.49. The van der Waals surface area contributed by atoms with E-state index < -0.39 is 8.07 Å². The lowest BCUT2D eigenvalue weighted by Gasteiger charge is -2.29. The number of unbranched alkanes of at least 4 members (excludes halogenated alkanes) is 20. The Hall–Kier alpha value is -1.46. The summed E-state index contributed by atoms with van der Waals surface area (Å²) < 4.78 is 0. The zero-order valence-electron chi connectivity index (χ0n) is 38.1. The number of fused-ring (bicyclic) bond motifs is 4. The van der Waals surface area contributed by atoms with Gasteiger partial charge in [-0.3, -0.25) is 0 Å². The van der Waals surface area contributed by atoms with E-state index in [9.17, 15) is 0 Å². The Morgan fingerprint density at radius 2 is 0.869 bits per heavy atom. The topological polar surface area (TPSA) is 25.8 Å². The molecule has 1 aliphatic heterocycles. The highest BCUT2D eigenvalue weighted by molar-refractivity contribution is 7.34. The summed E-state index contributed by atoms with van der Waals surface area (Å²) in [4.78, 5) is 22.0. The van der Waals surface area contributed by atoms with Crippen LogP contribution in [-0.4, -0.2) is 18.0 Å². The Kier molecular flexibility index (Phi) is 19.2. The Balaban J connectivity index is 1.15. The fourth-order valence-electron chi connectivity index (χ4n) is 9.79. The van der Waals surface area contributed by atoms with E-state index >= 15 is 0 Å². The third kappa shape index (κ3) is 12.1. The second kappa shape index (κ2) is 24.7. The van der Waals surface area contributed by atoms with Gasteiger partial charge in [-0.15, -0.1) is 45.3 Å². The zero-order valence-corrected chi connectivity index (χ0v) is 44.0. The van der Waals surface area contributed by atoms with Crippen LogP contribution in [0.4, 0.5) is 0 Å². The Morgan fingerprint density at radius 1 is 0.410 bits per heavy atom. The fourth-order valence-corrected chi connectivity index (χ4v) is 23.5. The molecule has 0 bridgehead atoms. The number of nitrogens with zero attached hydrogens (tertiary/aromatic N) is 2. The third-order valence-electron chi connectivity index (χ3n) is 13.3. The molecule has 6 aromatic rings. The van der Waals surface area contributed by atoms with Crippen molar-refractivity contribution in [1.29, 1.82) is 0 Å². The van der Waals surface area contributed by atoms with Crippen molar-refractivity contribution in [3.05, 3.63) is 46.2 Å². The normalized spacial score (nSPS) is 13.2. The van der Waals surface area contributed by atoms with Gasteiger partial charge in [0.2, 0.25) is 0 Å². The standard InChI is InChI=1S/C52H74N2S6Si/c1-5-9-13-17-21-25-29-39-31-33-55-45(39)49-53-51-52(59-49)54-50(60-51)46-40(30-26-22-18-14-10-6-2)37-41(57-46)42-38-44-48(58-42)47-43(32-34-56-47)61(44,35-27-23-19-15-11-7-3)36-28-24-20-16-12-8-4/h31-34,37-38H,5-30,35-36H2,1-4H3. The SMILES string of the molecule is CCCCCCCCc1ccsc1-c1nc2sc(-c3sc(-c4cc5c(s4)-c4sccc4[Si]5(CCCCCCCC)CCCCCCCC)cc3CCCCCCCC)nc2s1. The average Bonchev–Trinajstić information content (AvgIpc) is 4.12. The molecule has 1 aliphatic rings. The van der Waals surface area contributed by atoms with Gasteiger partial charge in [-0.2, -0.15) is 0 Å². The molecule has 0 saturated heterocycles. The molecule has 0 fully saturated rings. The first-order valence-corrected chi connectivity index (χ1v) is 32.2. The van der Waals surface area contributed by atoms with Gasteiger partial charge >= 0.3 is 0 Å². The summed E-state index contributed by atoms with van der Waals surface area (Å²) in [7, 11) is -1.83. The van der Waals surface area contributed by atoms with Crippen molar-refractivity contribution in [3.63, 3.8) is 0 Å². The Morgan fingerprint density at radius 3 is 1.46 bits per heavy atom. The van der Waals surface area contributed by atoms with E-state index in [-0.39, 0.29) is 0 Å².